The van der Waals surface area contributed by atoms with Gasteiger partial charge in [-0.15, -0.1) is 0 Å². The summed E-state index contributed by atoms with van der Waals surface area (Å²) in [6.07, 6.45) is 1.25. The van der Waals surface area contributed by atoms with E-state index in [4.69, 9.17) is 11.6 Å². The average molecular weight is 291 g/mol. The molecule has 0 unspecified atom stereocenters. The summed E-state index contributed by atoms with van der Waals surface area (Å²) in [4.78, 5) is 11.5. The standard InChI is InChI=1S/C11H15ClN2O3S/c1-18(16,17)14-7-6-13-11(15)8-9-4-2-3-5-10(9)12/h2-5,14H,6-8H2,1H3,(H,13,15). The van der Waals surface area contributed by atoms with Crippen LogP contribution in [0.5, 0.6) is 0 Å². The van der Waals surface area contributed by atoms with Crippen LogP contribution in [0.15, 0.2) is 24.3 Å². The third-order valence-electron chi connectivity index (χ3n) is 2.12. The molecule has 2 N–H and O–H groups in total. The molecule has 0 aliphatic rings. The van der Waals surface area contributed by atoms with Crippen LogP contribution in [0.25, 0.3) is 0 Å². The molecule has 0 spiro atoms. The number of benzene rings is 1. The van der Waals surface area contributed by atoms with Gasteiger partial charge in [-0.2, -0.15) is 0 Å². The lowest BCUT2D eigenvalue weighted by atomic mass is 10.1. The van der Waals surface area contributed by atoms with E-state index in [0.29, 0.717) is 5.02 Å². The molecule has 0 saturated heterocycles. The zero-order chi connectivity index (χ0) is 13.6. The summed E-state index contributed by atoms with van der Waals surface area (Å²) >= 11 is 5.92. The van der Waals surface area contributed by atoms with Crippen LogP contribution in [0.2, 0.25) is 5.02 Å². The molecule has 0 aliphatic heterocycles. The number of amides is 1. The van der Waals surface area contributed by atoms with Crippen molar-refractivity contribution in [3.05, 3.63) is 34.9 Å². The van der Waals surface area contributed by atoms with Crippen LogP contribution >= 0.6 is 11.6 Å². The molecule has 18 heavy (non-hydrogen) atoms. The van der Waals surface area contributed by atoms with Gasteiger partial charge in [-0.1, -0.05) is 29.8 Å². The van der Waals surface area contributed by atoms with Gasteiger partial charge in [0.05, 0.1) is 12.7 Å². The molecule has 1 aromatic rings. The van der Waals surface area contributed by atoms with Gasteiger partial charge in [0.2, 0.25) is 15.9 Å². The molecule has 0 saturated carbocycles. The monoisotopic (exact) mass is 290 g/mol. The van der Waals surface area contributed by atoms with Crippen molar-refractivity contribution >= 4 is 27.5 Å². The first-order valence-electron chi connectivity index (χ1n) is 5.33. The quantitative estimate of drug-likeness (QED) is 0.751. The molecule has 100 valence electrons. The molecule has 1 amide bonds. The first kappa shape index (κ1) is 14.9. The van der Waals surface area contributed by atoms with Crippen LogP contribution in [-0.4, -0.2) is 33.7 Å². The normalized spacial score (nSPS) is 11.2. The smallest absolute Gasteiger partial charge is 0.224 e. The highest BCUT2D eigenvalue weighted by molar-refractivity contribution is 7.88. The van der Waals surface area contributed by atoms with Crippen LogP contribution in [0.3, 0.4) is 0 Å². The Bertz CT molecular complexity index is 517. The summed E-state index contributed by atoms with van der Waals surface area (Å²) in [7, 11) is -3.21. The van der Waals surface area contributed by atoms with Gasteiger partial charge < -0.3 is 5.32 Å². The fourth-order valence-corrected chi connectivity index (χ4v) is 1.99. The topological polar surface area (TPSA) is 75.3 Å². The Balaban J connectivity index is 2.33. The van der Waals surface area contributed by atoms with Gasteiger partial charge in [0, 0.05) is 18.1 Å². The van der Waals surface area contributed by atoms with Crippen molar-refractivity contribution < 1.29 is 13.2 Å². The van der Waals surface area contributed by atoms with E-state index in [1.54, 1.807) is 24.3 Å². The summed E-state index contributed by atoms with van der Waals surface area (Å²) in [5.41, 5.74) is 0.743. The third kappa shape index (κ3) is 6.00. The first-order chi connectivity index (χ1) is 8.38. The lowest BCUT2D eigenvalue weighted by molar-refractivity contribution is -0.120. The Morgan fingerprint density at radius 3 is 2.56 bits per heavy atom. The van der Waals surface area contributed by atoms with Gasteiger partial charge in [-0.25, -0.2) is 13.1 Å². The third-order valence-corrected chi connectivity index (χ3v) is 3.22. The molecular weight excluding hydrogens is 276 g/mol. The molecule has 1 aromatic carbocycles. The fraction of sp³-hybridized carbons (Fsp3) is 0.364. The van der Waals surface area contributed by atoms with E-state index >= 15 is 0 Å². The van der Waals surface area contributed by atoms with Crippen molar-refractivity contribution in [3.8, 4) is 0 Å². The van der Waals surface area contributed by atoms with Crippen LogP contribution in [0.1, 0.15) is 5.56 Å². The molecule has 0 aliphatic carbocycles. The molecule has 5 nitrogen and oxygen atoms in total. The van der Waals surface area contributed by atoms with E-state index < -0.39 is 10.0 Å². The van der Waals surface area contributed by atoms with Crippen molar-refractivity contribution in [1.82, 2.24) is 10.0 Å². The number of halogens is 1. The predicted octanol–water partition coefficient (Wildman–Crippen LogP) is 0.548. The predicted molar refractivity (Wildman–Crippen MR) is 71.0 cm³/mol. The molecule has 0 atom stereocenters. The average Bonchev–Trinajstić information content (AvgIpc) is 2.26. The molecule has 1 rings (SSSR count). The van der Waals surface area contributed by atoms with Crippen molar-refractivity contribution in [3.63, 3.8) is 0 Å². The molecular formula is C11H15ClN2O3S. The highest BCUT2D eigenvalue weighted by Crippen LogP contribution is 2.14. The minimum absolute atomic E-state index is 0.174. The SMILES string of the molecule is CS(=O)(=O)NCCNC(=O)Cc1ccccc1Cl. The Labute approximate surface area is 112 Å². The second-order valence-corrected chi connectivity index (χ2v) is 6.02. The zero-order valence-corrected chi connectivity index (χ0v) is 11.5. The van der Waals surface area contributed by atoms with Crippen molar-refractivity contribution in [2.75, 3.05) is 19.3 Å². The number of carbonyl (C=O) groups is 1. The minimum Gasteiger partial charge on any atom is -0.354 e. The lowest BCUT2D eigenvalue weighted by Crippen LogP contribution is -2.34. The number of nitrogens with one attached hydrogen (secondary N) is 2. The Kier molecular flexibility index (Phi) is 5.58. The van der Waals surface area contributed by atoms with Gasteiger partial charge in [-0.3, -0.25) is 4.79 Å². The van der Waals surface area contributed by atoms with E-state index in [0.717, 1.165) is 11.8 Å². The van der Waals surface area contributed by atoms with Crippen LogP contribution in [0.4, 0.5) is 0 Å². The summed E-state index contributed by atoms with van der Waals surface area (Å²) < 4.78 is 23.8. The molecule has 0 fully saturated rings. The number of hydrogen-bond donors (Lipinski definition) is 2. The molecule has 0 aromatic heterocycles. The minimum atomic E-state index is -3.21. The van der Waals surface area contributed by atoms with Gasteiger partial charge in [0.25, 0.3) is 0 Å². The molecule has 0 bridgehead atoms. The molecule has 7 heteroatoms. The van der Waals surface area contributed by atoms with E-state index in [2.05, 4.69) is 10.0 Å². The van der Waals surface area contributed by atoms with Crippen LogP contribution in [0, 0.1) is 0 Å². The van der Waals surface area contributed by atoms with Crippen molar-refractivity contribution in [1.29, 1.82) is 0 Å². The van der Waals surface area contributed by atoms with Crippen molar-refractivity contribution in [2.24, 2.45) is 0 Å². The maximum Gasteiger partial charge on any atom is 0.224 e. The lowest BCUT2D eigenvalue weighted by Gasteiger charge is -2.06. The summed E-state index contributed by atoms with van der Waals surface area (Å²) in [5, 5.41) is 3.15. The van der Waals surface area contributed by atoms with E-state index in [-0.39, 0.29) is 25.4 Å². The Hall–Kier alpha value is -1.11. The van der Waals surface area contributed by atoms with Gasteiger partial charge in [0.1, 0.15) is 0 Å². The number of carbonyl (C=O) groups excluding carboxylic acids is 1. The van der Waals surface area contributed by atoms with Crippen LogP contribution in [-0.2, 0) is 21.2 Å². The van der Waals surface area contributed by atoms with Crippen LogP contribution < -0.4 is 10.0 Å². The van der Waals surface area contributed by atoms with E-state index in [9.17, 15) is 13.2 Å². The van der Waals surface area contributed by atoms with Crippen molar-refractivity contribution in [2.45, 2.75) is 6.42 Å². The molecule has 0 radical (unpaired) electrons. The zero-order valence-electron chi connectivity index (χ0n) is 9.94. The maximum atomic E-state index is 11.5. The largest absolute Gasteiger partial charge is 0.354 e. The molecule has 0 heterocycles. The Morgan fingerprint density at radius 2 is 1.94 bits per heavy atom. The van der Waals surface area contributed by atoms with Gasteiger partial charge in [0.15, 0.2) is 0 Å². The highest BCUT2D eigenvalue weighted by Gasteiger charge is 2.06. The second-order valence-electron chi connectivity index (χ2n) is 3.78. The number of hydrogen-bond acceptors (Lipinski definition) is 3. The van der Waals surface area contributed by atoms with E-state index in [1.165, 1.54) is 0 Å². The van der Waals surface area contributed by atoms with Gasteiger partial charge in [-0.05, 0) is 11.6 Å². The van der Waals surface area contributed by atoms with Gasteiger partial charge >= 0.3 is 0 Å². The highest BCUT2D eigenvalue weighted by atomic mass is 35.5. The summed E-state index contributed by atoms with van der Waals surface area (Å²) in [6.45, 7) is 0.420. The summed E-state index contributed by atoms with van der Waals surface area (Å²) in [6, 6.07) is 7.09. The maximum absolute atomic E-state index is 11.5. The first-order valence-corrected chi connectivity index (χ1v) is 7.60. The second kappa shape index (κ2) is 6.72. The fourth-order valence-electron chi connectivity index (χ4n) is 1.32. The summed E-state index contributed by atoms with van der Waals surface area (Å²) in [5.74, 6) is -0.196. The van der Waals surface area contributed by atoms with E-state index in [1.807, 2.05) is 0 Å². The number of rotatable bonds is 6. The Morgan fingerprint density at radius 1 is 1.28 bits per heavy atom. The number of sulfonamides is 1.